The Balaban J connectivity index is 1.53. The van der Waals surface area contributed by atoms with Crippen LogP contribution in [-0.4, -0.2) is 36.2 Å². The molecule has 0 saturated carbocycles. The van der Waals surface area contributed by atoms with Crippen LogP contribution in [0.15, 0.2) is 60.7 Å². The third-order valence-corrected chi connectivity index (χ3v) is 6.07. The van der Waals surface area contributed by atoms with Crippen molar-refractivity contribution < 1.29 is 28.6 Å². The molecule has 0 fully saturated rings. The number of carboxylic acids is 1. The summed E-state index contributed by atoms with van der Waals surface area (Å²) in [4.78, 5) is 25.2. The van der Waals surface area contributed by atoms with E-state index in [-0.39, 0.29) is 36.5 Å². The molecule has 0 bridgehead atoms. The monoisotopic (exact) mass is 463 g/mol. The van der Waals surface area contributed by atoms with Crippen molar-refractivity contribution in [1.29, 1.82) is 0 Å². The summed E-state index contributed by atoms with van der Waals surface area (Å²) in [5.41, 5.74) is 2.39. The summed E-state index contributed by atoms with van der Waals surface area (Å²) < 4.78 is 25.7. The van der Waals surface area contributed by atoms with Crippen molar-refractivity contribution in [1.82, 2.24) is 5.32 Å². The van der Waals surface area contributed by atoms with E-state index in [0.717, 1.165) is 28.3 Å². The average molecular weight is 464 g/mol. The zero-order valence-electron chi connectivity index (χ0n) is 19.1. The second kappa shape index (κ2) is 9.55. The lowest BCUT2D eigenvalue weighted by atomic mass is 9.95. The van der Waals surface area contributed by atoms with Crippen LogP contribution < -0.4 is 14.8 Å². The molecule has 3 aromatic carbocycles. The third-order valence-electron chi connectivity index (χ3n) is 6.07. The molecule has 0 radical (unpaired) electrons. The Morgan fingerprint density at radius 2 is 1.76 bits per heavy atom. The number of methoxy groups -OCH3 is 1. The van der Waals surface area contributed by atoms with Crippen molar-refractivity contribution in [3.8, 4) is 11.5 Å². The van der Waals surface area contributed by atoms with E-state index >= 15 is 0 Å². The van der Waals surface area contributed by atoms with Crippen LogP contribution in [0.5, 0.6) is 11.5 Å². The molecule has 0 aromatic heterocycles. The third kappa shape index (κ3) is 4.73. The van der Waals surface area contributed by atoms with E-state index in [9.17, 15) is 19.1 Å². The molecule has 4 rings (SSSR count). The number of carboxylic acid groups (broad SMARTS) is 1. The van der Waals surface area contributed by atoms with Gasteiger partial charge in [-0.05, 0) is 35.7 Å². The predicted molar refractivity (Wildman–Crippen MR) is 125 cm³/mol. The number of fused-ring (bicyclic) bond motifs is 1. The summed E-state index contributed by atoms with van der Waals surface area (Å²) in [5, 5.41) is 12.6. The summed E-state index contributed by atoms with van der Waals surface area (Å²) >= 11 is 0. The zero-order valence-corrected chi connectivity index (χ0v) is 19.1. The van der Waals surface area contributed by atoms with Gasteiger partial charge in [-0.1, -0.05) is 54.1 Å². The number of amides is 1. The number of hydrogen-bond acceptors (Lipinski definition) is 4. The fraction of sp³-hybridized carbons (Fsp3) is 0.259. The summed E-state index contributed by atoms with van der Waals surface area (Å²) in [6, 6.07) is 17.7. The maximum absolute atomic E-state index is 14.8. The lowest BCUT2D eigenvalue weighted by Crippen LogP contribution is -2.55. The van der Waals surface area contributed by atoms with Gasteiger partial charge in [0.15, 0.2) is 17.3 Å². The molecule has 0 aliphatic heterocycles. The van der Waals surface area contributed by atoms with E-state index in [1.54, 1.807) is 0 Å². The van der Waals surface area contributed by atoms with E-state index in [1.807, 2.05) is 55.5 Å². The van der Waals surface area contributed by atoms with Gasteiger partial charge in [0.2, 0.25) is 0 Å². The number of nitrogens with one attached hydrogen (secondary N) is 1. The minimum Gasteiger partial charge on any atom is -0.490 e. The van der Waals surface area contributed by atoms with Crippen LogP contribution >= 0.6 is 0 Å². The predicted octanol–water partition coefficient (Wildman–Crippen LogP) is 4.12. The van der Waals surface area contributed by atoms with Crippen LogP contribution in [0.4, 0.5) is 4.39 Å². The van der Waals surface area contributed by atoms with Gasteiger partial charge in [-0.3, -0.25) is 4.79 Å². The lowest BCUT2D eigenvalue weighted by Gasteiger charge is -2.25. The van der Waals surface area contributed by atoms with E-state index in [4.69, 9.17) is 9.47 Å². The Kier molecular flexibility index (Phi) is 6.54. The van der Waals surface area contributed by atoms with Crippen LogP contribution in [0.1, 0.15) is 32.6 Å². The first-order valence-corrected chi connectivity index (χ1v) is 11.0. The number of ether oxygens (including phenoxy) is 2. The molecule has 3 aromatic rings. The number of carbonyl (C=O) groups excluding carboxylic acids is 1. The van der Waals surface area contributed by atoms with Gasteiger partial charge in [0.25, 0.3) is 5.91 Å². The highest BCUT2D eigenvalue weighted by molar-refractivity contribution is 5.99. The Bertz CT molecular complexity index is 1210. The van der Waals surface area contributed by atoms with E-state index < -0.39 is 23.2 Å². The highest BCUT2D eigenvalue weighted by Crippen LogP contribution is 2.34. The lowest BCUT2D eigenvalue weighted by molar-refractivity contribution is -0.144. The average Bonchev–Trinajstić information content (AvgIpc) is 3.18. The van der Waals surface area contributed by atoms with Crippen LogP contribution in [0.25, 0.3) is 0 Å². The number of hydrogen-bond donors (Lipinski definition) is 2. The minimum absolute atomic E-state index is 0.0413. The summed E-state index contributed by atoms with van der Waals surface area (Å²) in [6.07, 6.45) is 0.898. The van der Waals surface area contributed by atoms with Crippen molar-refractivity contribution in [2.75, 3.05) is 13.7 Å². The van der Waals surface area contributed by atoms with Crippen LogP contribution in [0, 0.1) is 12.7 Å². The molecular weight excluding hydrogens is 437 g/mol. The van der Waals surface area contributed by atoms with Crippen molar-refractivity contribution in [2.45, 2.75) is 31.7 Å². The van der Waals surface area contributed by atoms with Crippen molar-refractivity contribution in [3.63, 3.8) is 0 Å². The Labute approximate surface area is 197 Å². The Morgan fingerprint density at radius 1 is 1.06 bits per heavy atom. The topological polar surface area (TPSA) is 84.9 Å². The quantitative estimate of drug-likeness (QED) is 0.525. The number of rotatable bonds is 8. The van der Waals surface area contributed by atoms with Gasteiger partial charge in [-0.2, -0.15) is 0 Å². The molecule has 0 heterocycles. The van der Waals surface area contributed by atoms with Crippen molar-refractivity contribution >= 4 is 11.9 Å². The molecule has 176 valence electrons. The van der Waals surface area contributed by atoms with Gasteiger partial charge in [-0.15, -0.1) is 0 Å². The van der Waals surface area contributed by atoms with Crippen molar-refractivity contribution in [2.24, 2.45) is 0 Å². The maximum Gasteiger partial charge on any atom is 0.330 e. The van der Waals surface area contributed by atoms with Gasteiger partial charge < -0.3 is 19.9 Å². The van der Waals surface area contributed by atoms with Gasteiger partial charge in [-0.25, -0.2) is 9.18 Å². The van der Waals surface area contributed by atoms with E-state index in [0.29, 0.717) is 6.42 Å². The highest BCUT2D eigenvalue weighted by Gasteiger charge is 2.45. The first-order chi connectivity index (χ1) is 16.3. The molecular formula is C27H26FNO5. The zero-order chi connectivity index (χ0) is 24.3. The molecule has 2 N–H and O–H groups in total. The van der Waals surface area contributed by atoms with E-state index in [1.165, 1.54) is 13.2 Å². The number of carbonyl (C=O) groups is 2. The molecule has 0 atom stereocenters. The molecule has 0 spiro atoms. The fourth-order valence-electron chi connectivity index (χ4n) is 4.35. The molecule has 6 nitrogen and oxygen atoms in total. The molecule has 1 amide bonds. The SMILES string of the molecule is COc1c(F)cc(C(=O)NC2(C(=O)O)Cc3ccccc3C2)cc1OCCc1cccc(C)c1. The molecule has 7 heteroatoms. The molecule has 1 aliphatic rings. The Hall–Kier alpha value is -3.87. The normalized spacial score (nSPS) is 13.7. The first kappa shape index (κ1) is 23.3. The molecule has 34 heavy (non-hydrogen) atoms. The minimum atomic E-state index is -1.50. The molecule has 1 aliphatic carbocycles. The van der Waals surface area contributed by atoms with Gasteiger partial charge >= 0.3 is 5.97 Å². The summed E-state index contributed by atoms with van der Waals surface area (Å²) in [7, 11) is 1.32. The molecule has 0 unspecified atom stereocenters. The van der Waals surface area contributed by atoms with Crippen LogP contribution in [-0.2, 0) is 24.1 Å². The second-order valence-corrected chi connectivity index (χ2v) is 8.54. The number of aryl methyl sites for hydroxylation is 1. The van der Waals surface area contributed by atoms with Gasteiger partial charge in [0, 0.05) is 24.8 Å². The fourth-order valence-corrected chi connectivity index (χ4v) is 4.35. The largest absolute Gasteiger partial charge is 0.490 e. The Morgan fingerprint density at radius 3 is 2.38 bits per heavy atom. The summed E-state index contributed by atoms with van der Waals surface area (Å²) in [6.45, 7) is 2.25. The van der Waals surface area contributed by atoms with E-state index in [2.05, 4.69) is 5.32 Å². The maximum atomic E-state index is 14.8. The van der Waals surface area contributed by atoms with Crippen LogP contribution in [0.2, 0.25) is 0 Å². The highest BCUT2D eigenvalue weighted by atomic mass is 19.1. The standard InChI is InChI=1S/C27H26FNO5/c1-17-6-5-7-18(12-17)10-11-34-23-14-21(13-22(28)24(23)33-2)25(30)29-27(26(31)32)15-19-8-3-4-9-20(19)16-27/h3-9,12-14H,10-11,15-16H2,1-2H3,(H,29,30)(H,31,32). The van der Waals surface area contributed by atoms with Crippen molar-refractivity contribution in [3.05, 3.63) is 94.3 Å². The van der Waals surface area contributed by atoms with Crippen LogP contribution in [0.3, 0.4) is 0 Å². The smallest absolute Gasteiger partial charge is 0.330 e. The number of benzene rings is 3. The van der Waals surface area contributed by atoms with Gasteiger partial charge in [0.1, 0.15) is 5.54 Å². The summed E-state index contributed by atoms with van der Waals surface area (Å²) in [5.74, 6) is -2.62. The molecule has 0 saturated heterocycles. The number of aliphatic carboxylic acids is 1. The second-order valence-electron chi connectivity index (χ2n) is 8.54. The first-order valence-electron chi connectivity index (χ1n) is 11.0. The van der Waals surface area contributed by atoms with Gasteiger partial charge in [0.05, 0.1) is 13.7 Å². The number of halogens is 1.